The number of aromatic nitrogens is 1. The molecule has 2 aliphatic rings. The van der Waals surface area contributed by atoms with E-state index in [0.29, 0.717) is 31.6 Å². The van der Waals surface area contributed by atoms with Crippen LogP contribution in [0.2, 0.25) is 0 Å². The van der Waals surface area contributed by atoms with Gasteiger partial charge in [0.1, 0.15) is 5.78 Å². The maximum atomic E-state index is 12.3. The molecule has 2 aliphatic carbocycles. The number of amides is 1. The van der Waals surface area contributed by atoms with E-state index >= 15 is 0 Å². The quantitative estimate of drug-likeness (QED) is 0.752. The van der Waals surface area contributed by atoms with Crippen molar-refractivity contribution < 1.29 is 19.1 Å². The average molecular weight is 382 g/mol. The number of aromatic amines is 1. The van der Waals surface area contributed by atoms with Gasteiger partial charge < -0.3 is 15.0 Å². The zero-order valence-electron chi connectivity index (χ0n) is 15.9. The van der Waals surface area contributed by atoms with Gasteiger partial charge in [-0.05, 0) is 43.7 Å². The SMILES string of the molecule is O=C(COC(=O)C1C[C@H]2CCC[C@@H](C1)C2=O)NCCc1c[nH]c2ccccc12. The summed E-state index contributed by atoms with van der Waals surface area (Å²) in [6.45, 7) is 0.229. The van der Waals surface area contributed by atoms with Crippen molar-refractivity contribution in [2.24, 2.45) is 17.8 Å². The number of benzene rings is 1. The first-order valence-electron chi connectivity index (χ1n) is 10.1. The van der Waals surface area contributed by atoms with Crippen molar-refractivity contribution >= 4 is 28.6 Å². The Balaban J connectivity index is 1.20. The summed E-state index contributed by atoms with van der Waals surface area (Å²) in [6.07, 6.45) is 6.66. The molecule has 3 atom stereocenters. The minimum atomic E-state index is -0.337. The van der Waals surface area contributed by atoms with Crippen LogP contribution in [-0.4, -0.2) is 35.8 Å². The minimum absolute atomic E-state index is 0.00931. The van der Waals surface area contributed by atoms with E-state index in [-0.39, 0.29) is 36.2 Å². The molecule has 0 radical (unpaired) electrons. The summed E-state index contributed by atoms with van der Waals surface area (Å²) < 4.78 is 5.23. The van der Waals surface area contributed by atoms with E-state index in [1.54, 1.807) is 0 Å². The highest BCUT2D eigenvalue weighted by Crippen LogP contribution is 2.40. The number of esters is 1. The molecular weight excluding hydrogens is 356 g/mol. The lowest BCUT2D eigenvalue weighted by molar-refractivity contribution is -0.156. The molecule has 2 bridgehead atoms. The Bertz CT molecular complexity index is 872. The average Bonchev–Trinajstić information content (AvgIpc) is 3.09. The minimum Gasteiger partial charge on any atom is -0.455 e. The van der Waals surface area contributed by atoms with Crippen LogP contribution in [0, 0.1) is 17.8 Å². The number of fused-ring (bicyclic) bond motifs is 3. The van der Waals surface area contributed by atoms with Gasteiger partial charge in [0.15, 0.2) is 6.61 Å². The van der Waals surface area contributed by atoms with Gasteiger partial charge in [-0.25, -0.2) is 0 Å². The predicted octanol–water partition coefficient (Wildman–Crippen LogP) is 2.77. The smallest absolute Gasteiger partial charge is 0.309 e. The second-order valence-electron chi connectivity index (χ2n) is 7.96. The molecule has 148 valence electrons. The third-order valence-corrected chi connectivity index (χ3v) is 6.12. The number of nitrogens with one attached hydrogen (secondary N) is 2. The number of para-hydroxylation sites is 1. The molecule has 1 amide bonds. The second kappa shape index (κ2) is 8.17. The first-order chi connectivity index (χ1) is 13.6. The van der Waals surface area contributed by atoms with E-state index in [9.17, 15) is 14.4 Å². The van der Waals surface area contributed by atoms with E-state index in [4.69, 9.17) is 4.74 Å². The van der Waals surface area contributed by atoms with Gasteiger partial charge >= 0.3 is 5.97 Å². The summed E-state index contributed by atoms with van der Waals surface area (Å²) in [6, 6.07) is 8.04. The van der Waals surface area contributed by atoms with Crippen LogP contribution in [0.3, 0.4) is 0 Å². The third kappa shape index (κ3) is 3.96. The highest BCUT2D eigenvalue weighted by Gasteiger charge is 2.41. The molecular formula is C22H26N2O4. The monoisotopic (exact) mass is 382 g/mol. The van der Waals surface area contributed by atoms with Crippen LogP contribution in [0.15, 0.2) is 30.5 Å². The normalized spacial score (nSPS) is 24.1. The molecule has 2 aromatic rings. The topological polar surface area (TPSA) is 88.3 Å². The number of carbonyl (C=O) groups excluding carboxylic acids is 3. The first-order valence-corrected chi connectivity index (χ1v) is 10.1. The fourth-order valence-electron chi connectivity index (χ4n) is 4.65. The molecule has 1 aromatic carbocycles. The van der Waals surface area contributed by atoms with Crippen LogP contribution in [0.5, 0.6) is 0 Å². The largest absolute Gasteiger partial charge is 0.455 e. The predicted molar refractivity (Wildman–Crippen MR) is 105 cm³/mol. The number of H-pyrrole nitrogens is 1. The summed E-state index contributed by atoms with van der Waals surface area (Å²) in [5.41, 5.74) is 2.22. The first kappa shape index (κ1) is 18.7. The number of carbonyl (C=O) groups is 3. The molecule has 1 unspecified atom stereocenters. The summed E-state index contributed by atoms with van der Waals surface area (Å²) in [4.78, 5) is 39.7. The third-order valence-electron chi connectivity index (χ3n) is 6.12. The van der Waals surface area contributed by atoms with Crippen molar-refractivity contribution in [3.05, 3.63) is 36.0 Å². The second-order valence-corrected chi connectivity index (χ2v) is 7.96. The lowest BCUT2D eigenvalue weighted by atomic mass is 9.67. The Labute approximate surface area is 164 Å². The summed E-state index contributed by atoms with van der Waals surface area (Å²) >= 11 is 0. The van der Waals surface area contributed by atoms with Crippen LogP contribution >= 0.6 is 0 Å². The van der Waals surface area contributed by atoms with Gasteiger partial charge in [-0.2, -0.15) is 0 Å². The van der Waals surface area contributed by atoms with Crippen LogP contribution < -0.4 is 5.32 Å². The maximum Gasteiger partial charge on any atom is 0.309 e. The van der Waals surface area contributed by atoms with E-state index in [2.05, 4.69) is 16.4 Å². The lowest BCUT2D eigenvalue weighted by Gasteiger charge is -2.36. The molecule has 1 aromatic heterocycles. The highest BCUT2D eigenvalue weighted by atomic mass is 16.5. The Morgan fingerprint density at radius 3 is 2.68 bits per heavy atom. The molecule has 4 rings (SSSR count). The summed E-state index contributed by atoms with van der Waals surface area (Å²) in [5, 5.41) is 3.96. The molecule has 6 nitrogen and oxygen atoms in total. The Morgan fingerprint density at radius 2 is 1.89 bits per heavy atom. The van der Waals surface area contributed by atoms with E-state index in [1.807, 2.05) is 24.4 Å². The van der Waals surface area contributed by atoms with Gasteiger partial charge in [-0.1, -0.05) is 24.6 Å². The fraction of sp³-hybridized carbons (Fsp3) is 0.500. The number of hydrogen-bond donors (Lipinski definition) is 2. The van der Waals surface area contributed by atoms with Crippen molar-refractivity contribution in [3.63, 3.8) is 0 Å². The Kier molecular flexibility index (Phi) is 5.46. The number of hydrogen-bond acceptors (Lipinski definition) is 4. The van der Waals surface area contributed by atoms with Gasteiger partial charge in [0.05, 0.1) is 5.92 Å². The number of ether oxygens (including phenoxy) is 1. The molecule has 0 aliphatic heterocycles. The van der Waals surface area contributed by atoms with Crippen LogP contribution in [0.1, 0.15) is 37.7 Å². The zero-order valence-corrected chi connectivity index (χ0v) is 15.9. The number of ketones is 1. The number of rotatable bonds is 6. The van der Waals surface area contributed by atoms with Crippen molar-refractivity contribution in [1.29, 1.82) is 0 Å². The van der Waals surface area contributed by atoms with Gasteiger partial charge in [0.25, 0.3) is 5.91 Å². The van der Waals surface area contributed by atoms with Gasteiger partial charge in [-0.3, -0.25) is 14.4 Å². The molecule has 2 fully saturated rings. The van der Waals surface area contributed by atoms with Crippen LogP contribution in [0.25, 0.3) is 10.9 Å². The van der Waals surface area contributed by atoms with Crippen molar-refractivity contribution in [3.8, 4) is 0 Å². The van der Waals surface area contributed by atoms with Crippen molar-refractivity contribution in [2.75, 3.05) is 13.2 Å². The van der Waals surface area contributed by atoms with Gasteiger partial charge in [0, 0.05) is 35.5 Å². The molecule has 28 heavy (non-hydrogen) atoms. The summed E-state index contributed by atoms with van der Waals surface area (Å²) in [5.74, 6) is -0.529. The van der Waals surface area contributed by atoms with Crippen LogP contribution in [0.4, 0.5) is 0 Å². The highest BCUT2D eigenvalue weighted by molar-refractivity contribution is 5.88. The summed E-state index contributed by atoms with van der Waals surface area (Å²) in [7, 11) is 0. The van der Waals surface area contributed by atoms with E-state index in [0.717, 1.165) is 35.7 Å². The van der Waals surface area contributed by atoms with E-state index < -0.39 is 0 Å². The Hall–Kier alpha value is -2.63. The molecule has 6 heteroatoms. The molecule has 2 saturated carbocycles. The maximum absolute atomic E-state index is 12.3. The fourth-order valence-corrected chi connectivity index (χ4v) is 4.65. The molecule has 2 N–H and O–H groups in total. The molecule has 0 saturated heterocycles. The zero-order chi connectivity index (χ0) is 19.5. The van der Waals surface area contributed by atoms with Crippen LogP contribution in [-0.2, 0) is 25.5 Å². The standard InChI is InChI=1S/C22H26N2O4/c25-20(23-9-8-16-12-24-19-7-2-1-6-18(16)19)13-28-22(27)17-10-14-4-3-5-15(11-17)21(14)26/h1-2,6-7,12,14-15,17,24H,3-5,8-11,13H2,(H,23,25)/t14-,15+,17?. The van der Waals surface area contributed by atoms with Gasteiger partial charge in [0.2, 0.25) is 0 Å². The Morgan fingerprint density at radius 1 is 1.14 bits per heavy atom. The molecule has 0 spiro atoms. The number of Topliss-reactive ketones (excluding diaryl/α,β-unsaturated/α-hetero) is 1. The lowest BCUT2D eigenvalue weighted by Crippen LogP contribution is -2.40. The van der Waals surface area contributed by atoms with Gasteiger partial charge in [-0.15, -0.1) is 0 Å². The van der Waals surface area contributed by atoms with Crippen molar-refractivity contribution in [1.82, 2.24) is 10.3 Å². The molecule has 1 heterocycles. The van der Waals surface area contributed by atoms with Crippen molar-refractivity contribution in [2.45, 2.75) is 38.5 Å². The van der Waals surface area contributed by atoms with E-state index in [1.165, 1.54) is 0 Å².